The predicted molar refractivity (Wildman–Crippen MR) is 54.6 cm³/mol. The highest BCUT2D eigenvalue weighted by Gasteiger charge is 2.29. The van der Waals surface area contributed by atoms with E-state index in [-0.39, 0.29) is 18.6 Å². The number of carbonyl (C=O) groups excluding carboxylic acids is 1. The van der Waals surface area contributed by atoms with Gasteiger partial charge in [0.15, 0.2) is 0 Å². The average Bonchev–Trinajstić information content (AvgIpc) is 2.68. The van der Waals surface area contributed by atoms with E-state index in [1.807, 2.05) is 0 Å². The summed E-state index contributed by atoms with van der Waals surface area (Å²) in [5.41, 5.74) is 5.00. The Balaban J connectivity index is 2.45. The maximum atomic E-state index is 11.8. The van der Waals surface area contributed by atoms with Gasteiger partial charge in [0.25, 0.3) is 5.91 Å². The van der Waals surface area contributed by atoms with Gasteiger partial charge in [0.2, 0.25) is 0 Å². The van der Waals surface area contributed by atoms with E-state index >= 15 is 0 Å². The van der Waals surface area contributed by atoms with Gasteiger partial charge < -0.3 is 5.11 Å². The molecule has 88 valence electrons. The molecule has 1 aliphatic rings. The van der Waals surface area contributed by atoms with Crippen molar-refractivity contribution < 1.29 is 14.7 Å². The second-order valence-corrected chi connectivity index (χ2v) is 4.26. The highest BCUT2D eigenvalue weighted by Crippen LogP contribution is 2.11. The maximum Gasteiger partial charge on any atom is 0.264 e. The number of carbonyl (C=O) groups is 1. The first-order valence-corrected chi connectivity index (χ1v) is 5.02. The van der Waals surface area contributed by atoms with E-state index < -0.39 is 5.60 Å². The lowest BCUT2D eigenvalue weighted by Crippen LogP contribution is -2.47. The molecule has 0 aromatic rings. The van der Waals surface area contributed by atoms with Crippen LogP contribution in [0.3, 0.4) is 0 Å². The van der Waals surface area contributed by atoms with Gasteiger partial charge in [-0.3, -0.25) is 15.1 Å². The number of rotatable bonds is 4. The van der Waals surface area contributed by atoms with Crippen molar-refractivity contribution >= 4 is 5.91 Å². The number of nitrogens with one attached hydrogen (secondary N) is 2. The second-order valence-electron chi connectivity index (χ2n) is 4.26. The van der Waals surface area contributed by atoms with Crippen LogP contribution >= 0.6 is 0 Å². The first kappa shape index (κ1) is 12.4. The Kier molecular flexibility index (Phi) is 4.04. The Bertz CT molecular complexity index is 227. The monoisotopic (exact) mass is 217 g/mol. The number of aliphatic hydroxyl groups is 1. The van der Waals surface area contributed by atoms with Crippen molar-refractivity contribution in [3.05, 3.63) is 0 Å². The Morgan fingerprint density at radius 3 is 2.80 bits per heavy atom. The number of hydroxylamine groups is 2. The fraction of sp³-hybridized carbons (Fsp3) is 0.889. The number of hydrogen-bond acceptors (Lipinski definition) is 5. The summed E-state index contributed by atoms with van der Waals surface area (Å²) < 4.78 is 0. The number of nitrogens with zero attached hydrogens (tertiary/aromatic N) is 1. The van der Waals surface area contributed by atoms with E-state index in [0.29, 0.717) is 0 Å². The standard InChI is InChI=1S/C9H19N3O3/c1-9(2,6-13)15-12(3)8(14)7-4-5-10-11-7/h7,10-11,13H,4-6H2,1-3H3. The number of amides is 1. The summed E-state index contributed by atoms with van der Waals surface area (Å²) in [5.74, 6) is -0.137. The fourth-order valence-corrected chi connectivity index (χ4v) is 1.33. The predicted octanol–water partition coefficient (Wildman–Crippen LogP) is -0.986. The summed E-state index contributed by atoms with van der Waals surface area (Å²) in [4.78, 5) is 17.1. The molecule has 0 aliphatic carbocycles. The zero-order chi connectivity index (χ0) is 11.5. The second kappa shape index (κ2) is 4.89. The Hall–Kier alpha value is -0.690. The lowest BCUT2D eigenvalue weighted by Gasteiger charge is -2.29. The molecule has 1 fully saturated rings. The van der Waals surface area contributed by atoms with Crippen LogP contribution in [0.2, 0.25) is 0 Å². The molecule has 1 saturated heterocycles. The highest BCUT2D eigenvalue weighted by atomic mass is 16.7. The van der Waals surface area contributed by atoms with Crippen LogP contribution in [0.25, 0.3) is 0 Å². The van der Waals surface area contributed by atoms with Crippen molar-refractivity contribution in [3.63, 3.8) is 0 Å². The highest BCUT2D eigenvalue weighted by molar-refractivity contribution is 5.80. The van der Waals surface area contributed by atoms with Crippen molar-refractivity contribution in [2.24, 2.45) is 0 Å². The molecular weight excluding hydrogens is 198 g/mol. The molecule has 3 N–H and O–H groups in total. The molecule has 1 rings (SSSR count). The van der Waals surface area contributed by atoms with Gasteiger partial charge in [-0.05, 0) is 20.3 Å². The van der Waals surface area contributed by atoms with Crippen LogP contribution in [0, 0.1) is 0 Å². The molecule has 1 unspecified atom stereocenters. The summed E-state index contributed by atoms with van der Waals surface area (Å²) in [7, 11) is 1.56. The first-order chi connectivity index (χ1) is 6.96. The largest absolute Gasteiger partial charge is 0.393 e. The minimum Gasteiger partial charge on any atom is -0.393 e. The van der Waals surface area contributed by atoms with Gasteiger partial charge in [0, 0.05) is 13.6 Å². The van der Waals surface area contributed by atoms with Crippen LogP contribution < -0.4 is 10.9 Å². The van der Waals surface area contributed by atoms with Gasteiger partial charge in [-0.15, -0.1) is 0 Å². The van der Waals surface area contributed by atoms with E-state index in [0.717, 1.165) is 13.0 Å². The van der Waals surface area contributed by atoms with Gasteiger partial charge in [-0.1, -0.05) is 0 Å². The number of hydrazine groups is 1. The average molecular weight is 217 g/mol. The molecule has 15 heavy (non-hydrogen) atoms. The zero-order valence-electron chi connectivity index (χ0n) is 9.41. The van der Waals surface area contributed by atoms with Crippen molar-refractivity contribution in [2.45, 2.75) is 31.9 Å². The Labute approximate surface area is 89.5 Å². The van der Waals surface area contributed by atoms with Crippen molar-refractivity contribution in [2.75, 3.05) is 20.2 Å². The SMILES string of the molecule is CN(OC(C)(C)CO)C(=O)C1CCNN1. The van der Waals surface area contributed by atoms with Crippen molar-refractivity contribution in [1.29, 1.82) is 0 Å². The Morgan fingerprint density at radius 1 is 1.67 bits per heavy atom. The molecule has 0 radical (unpaired) electrons. The number of hydrogen-bond donors (Lipinski definition) is 3. The fourth-order valence-electron chi connectivity index (χ4n) is 1.33. The first-order valence-electron chi connectivity index (χ1n) is 5.02. The van der Waals surface area contributed by atoms with Crippen molar-refractivity contribution in [3.8, 4) is 0 Å². The van der Waals surface area contributed by atoms with Crippen LogP contribution in [0.4, 0.5) is 0 Å². The van der Waals surface area contributed by atoms with E-state index in [1.165, 1.54) is 5.06 Å². The number of likely N-dealkylation sites (N-methyl/N-ethyl adjacent to an activating group) is 1. The van der Waals surface area contributed by atoms with Gasteiger partial charge >= 0.3 is 0 Å². The summed E-state index contributed by atoms with van der Waals surface area (Å²) >= 11 is 0. The molecular formula is C9H19N3O3. The number of aliphatic hydroxyl groups excluding tert-OH is 1. The summed E-state index contributed by atoms with van der Waals surface area (Å²) in [6.07, 6.45) is 0.742. The minimum atomic E-state index is -0.740. The Morgan fingerprint density at radius 2 is 2.33 bits per heavy atom. The zero-order valence-corrected chi connectivity index (χ0v) is 9.41. The molecule has 1 amide bonds. The topological polar surface area (TPSA) is 73.8 Å². The smallest absolute Gasteiger partial charge is 0.264 e. The van der Waals surface area contributed by atoms with E-state index in [1.54, 1.807) is 20.9 Å². The van der Waals surface area contributed by atoms with Crippen LogP contribution in [0.5, 0.6) is 0 Å². The normalized spacial score (nSPS) is 21.7. The minimum absolute atomic E-state index is 0.137. The third-order valence-corrected chi connectivity index (χ3v) is 2.21. The molecule has 0 saturated carbocycles. The lowest BCUT2D eigenvalue weighted by atomic mass is 10.2. The third kappa shape index (κ3) is 3.42. The molecule has 0 aromatic heterocycles. The van der Waals surface area contributed by atoms with E-state index in [9.17, 15) is 4.79 Å². The molecule has 0 aromatic carbocycles. The summed E-state index contributed by atoms with van der Waals surface area (Å²) in [6.45, 7) is 4.07. The van der Waals surface area contributed by atoms with Crippen LogP contribution in [0.1, 0.15) is 20.3 Å². The van der Waals surface area contributed by atoms with E-state index in [2.05, 4.69) is 10.9 Å². The van der Waals surface area contributed by atoms with Gasteiger partial charge in [0.05, 0.1) is 6.61 Å². The molecule has 1 heterocycles. The van der Waals surface area contributed by atoms with Gasteiger partial charge in [0.1, 0.15) is 11.6 Å². The van der Waals surface area contributed by atoms with Gasteiger partial charge in [-0.2, -0.15) is 0 Å². The maximum absolute atomic E-state index is 11.8. The summed E-state index contributed by atoms with van der Waals surface area (Å²) in [6, 6.07) is -0.246. The van der Waals surface area contributed by atoms with Crippen LogP contribution in [0.15, 0.2) is 0 Å². The van der Waals surface area contributed by atoms with Crippen LogP contribution in [-0.4, -0.2) is 47.9 Å². The molecule has 0 spiro atoms. The molecule has 6 heteroatoms. The molecule has 0 bridgehead atoms. The lowest BCUT2D eigenvalue weighted by molar-refractivity contribution is -0.230. The third-order valence-electron chi connectivity index (χ3n) is 2.21. The summed E-state index contributed by atoms with van der Waals surface area (Å²) in [5, 5.41) is 10.2. The van der Waals surface area contributed by atoms with Gasteiger partial charge in [-0.25, -0.2) is 10.5 Å². The molecule has 6 nitrogen and oxygen atoms in total. The van der Waals surface area contributed by atoms with Crippen LogP contribution in [-0.2, 0) is 9.63 Å². The molecule has 1 atom stereocenters. The molecule has 1 aliphatic heterocycles. The van der Waals surface area contributed by atoms with Crippen molar-refractivity contribution in [1.82, 2.24) is 15.9 Å². The quantitative estimate of drug-likeness (QED) is 0.527. The van der Waals surface area contributed by atoms with E-state index in [4.69, 9.17) is 9.94 Å².